The summed E-state index contributed by atoms with van der Waals surface area (Å²) >= 11 is 12.5. The highest BCUT2D eigenvalue weighted by molar-refractivity contribution is 6.42. The van der Waals surface area contributed by atoms with Crippen LogP contribution in [0.5, 0.6) is 0 Å². The number of piperidine rings is 1. The van der Waals surface area contributed by atoms with Gasteiger partial charge in [-0.1, -0.05) is 77.8 Å². The number of amides is 2. The number of benzene rings is 3. The molecule has 2 amide bonds. The average Bonchev–Trinajstić information content (AvgIpc) is 2.91. The minimum absolute atomic E-state index is 0.00798. The lowest BCUT2D eigenvalue weighted by atomic mass is 9.80. The van der Waals surface area contributed by atoms with Gasteiger partial charge in [-0.3, -0.25) is 9.59 Å². The molecular formula is C31H35Cl2N3O2. The molecule has 3 aromatic rings. The minimum Gasteiger partial charge on any atom is -0.351 e. The molecule has 0 spiro atoms. The van der Waals surface area contributed by atoms with Crippen LogP contribution in [0.4, 0.5) is 0 Å². The third kappa shape index (κ3) is 6.96. The number of hydrogen-bond donors (Lipinski definition) is 2. The largest absolute Gasteiger partial charge is 0.351 e. The summed E-state index contributed by atoms with van der Waals surface area (Å²) in [7, 11) is 0. The summed E-state index contributed by atoms with van der Waals surface area (Å²) in [5, 5.41) is 7.41. The molecule has 0 radical (unpaired) electrons. The van der Waals surface area contributed by atoms with E-state index < -0.39 is 0 Å². The molecule has 1 heterocycles. The Morgan fingerprint density at radius 1 is 0.947 bits per heavy atom. The summed E-state index contributed by atoms with van der Waals surface area (Å²) in [6, 6.07) is 23.6. The number of nitrogens with zero attached hydrogens (tertiary/aromatic N) is 1. The lowest BCUT2D eigenvalue weighted by Gasteiger charge is -2.43. The number of halogens is 2. The van der Waals surface area contributed by atoms with Crippen molar-refractivity contribution in [3.05, 3.63) is 105 Å². The third-order valence-corrected chi connectivity index (χ3v) is 8.30. The summed E-state index contributed by atoms with van der Waals surface area (Å²) in [5.74, 6) is -0.00523. The summed E-state index contributed by atoms with van der Waals surface area (Å²) in [6.07, 6.45) is 2.54. The van der Waals surface area contributed by atoms with E-state index in [0.717, 1.165) is 55.6 Å². The fourth-order valence-corrected chi connectivity index (χ4v) is 5.67. The number of carbonyl (C=O) groups is 2. The first-order chi connectivity index (χ1) is 18.3. The van der Waals surface area contributed by atoms with Gasteiger partial charge in [0.15, 0.2) is 0 Å². The number of rotatable bonds is 9. The number of aryl methyl sites for hydroxylation is 1. The van der Waals surface area contributed by atoms with E-state index in [4.69, 9.17) is 23.2 Å². The molecular weight excluding hydrogens is 517 g/mol. The SMILES string of the molecule is CC(=O)NC1(c2ccccc2)CCN(CC[C@H](CNC(=O)c2ccccc2C)c2ccc(Cl)c(Cl)c2)CC1. The fourth-order valence-electron chi connectivity index (χ4n) is 5.37. The summed E-state index contributed by atoms with van der Waals surface area (Å²) < 4.78 is 0. The van der Waals surface area contributed by atoms with Crippen LogP contribution in [0.3, 0.4) is 0 Å². The van der Waals surface area contributed by atoms with Gasteiger partial charge in [-0.2, -0.15) is 0 Å². The number of likely N-dealkylation sites (tertiary alicyclic amines) is 1. The first kappa shape index (κ1) is 28.2. The van der Waals surface area contributed by atoms with Gasteiger partial charge in [0.1, 0.15) is 0 Å². The molecule has 0 saturated carbocycles. The quantitative estimate of drug-likeness (QED) is 0.326. The third-order valence-electron chi connectivity index (χ3n) is 7.56. The Hall–Kier alpha value is -2.86. The molecule has 5 nitrogen and oxygen atoms in total. The molecule has 0 aromatic heterocycles. The van der Waals surface area contributed by atoms with Gasteiger partial charge in [0.05, 0.1) is 15.6 Å². The van der Waals surface area contributed by atoms with Crippen LogP contribution >= 0.6 is 23.2 Å². The van der Waals surface area contributed by atoms with Crippen molar-refractivity contribution >= 4 is 35.0 Å². The van der Waals surface area contributed by atoms with E-state index in [1.54, 1.807) is 6.92 Å². The van der Waals surface area contributed by atoms with Gasteiger partial charge in [-0.15, -0.1) is 0 Å². The van der Waals surface area contributed by atoms with Gasteiger partial charge in [-0.25, -0.2) is 0 Å². The molecule has 2 N–H and O–H groups in total. The van der Waals surface area contributed by atoms with E-state index in [2.05, 4.69) is 27.7 Å². The highest BCUT2D eigenvalue weighted by Crippen LogP contribution is 2.34. The van der Waals surface area contributed by atoms with Crippen molar-refractivity contribution in [3.63, 3.8) is 0 Å². The smallest absolute Gasteiger partial charge is 0.251 e. The Morgan fingerprint density at radius 2 is 1.63 bits per heavy atom. The summed E-state index contributed by atoms with van der Waals surface area (Å²) in [6.45, 7) is 6.65. The van der Waals surface area contributed by atoms with Crippen molar-refractivity contribution in [2.45, 2.75) is 44.6 Å². The Kier molecular flexibility index (Phi) is 9.48. The Labute approximate surface area is 235 Å². The lowest BCUT2D eigenvalue weighted by molar-refractivity contribution is -0.121. The standard InChI is InChI=1S/C31H35Cl2N3O2/c1-22-8-6-7-11-27(22)30(38)34-21-25(24-12-13-28(32)29(33)20-24)14-17-36-18-15-31(16-19-36,35-23(2)37)26-9-4-3-5-10-26/h3-13,20,25H,14-19,21H2,1-2H3,(H,34,38)(H,35,37)/t25-/m1/s1. The molecule has 0 unspecified atom stereocenters. The van der Waals surface area contributed by atoms with Crippen LogP contribution in [0, 0.1) is 6.92 Å². The molecule has 1 fully saturated rings. The lowest BCUT2D eigenvalue weighted by Crippen LogP contribution is -2.52. The van der Waals surface area contributed by atoms with Gasteiger partial charge >= 0.3 is 0 Å². The van der Waals surface area contributed by atoms with E-state index in [1.807, 2.05) is 67.6 Å². The van der Waals surface area contributed by atoms with Crippen molar-refractivity contribution in [2.75, 3.05) is 26.2 Å². The fraction of sp³-hybridized carbons (Fsp3) is 0.355. The van der Waals surface area contributed by atoms with Gasteiger partial charge in [0.2, 0.25) is 5.91 Å². The number of nitrogens with one attached hydrogen (secondary N) is 2. The molecule has 1 saturated heterocycles. The average molecular weight is 553 g/mol. The van der Waals surface area contributed by atoms with Crippen LogP contribution in [0.25, 0.3) is 0 Å². The van der Waals surface area contributed by atoms with E-state index in [9.17, 15) is 9.59 Å². The number of hydrogen-bond acceptors (Lipinski definition) is 3. The van der Waals surface area contributed by atoms with Crippen LogP contribution < -0.4 is 10.6 Å². The summed E-state index contributed by atoms with van der Waals surface area (Å²) in [4.78, 5) is 27.4. The predicted octanol–water partition coefficient (Wildman–Crippen LogP) is 6.33. The van der Waals surface area contributed by atoms with Crippen molar-refractivity contribution in [1.82, 2.24) is 15.5 Å². The van der Waals surface area contributed by atoms with Crippen LogP contribution in [-0.2, 0) is 10.3 Å². The van der Waals surface area contributed by atoms with E-state index >= 15 is 0 Å². The van der Waals surface area contributed by atoms with Crippen molar-refractivity contribution in [1.29, 1.82) is 0 Å². The Balaban J connectivity index is 1.43. The van der Waals surface area contributed by atoms with Crippen LogP contribution in [-0.4, -0.2) is 42.9 Å². The molecule has 4 rings (SSSR count). The van der Waals surface area contributed by atoms with Crippen molar-refractivity contribution in [2.24, 2.45) is 0 Å². The normalized spacial score (nSPS) is 16.0. The van der Waals surface area contributed by atoms with Gasteiger partial charge < -0.3 is 15.5 Å². The van der Waals surface area contributed by atoms with E-state index in [0.29, 0.717) is 22.2 Å². The van der Waals surface area contributed by atoms with Crippen molar-refractivity contribution in [3.8, 4) is 0 Å². The van der Waals surface area contributed by atoms with Crippen LogP contribution in [0.2, 0.25) is 10.0 Å². The van der Waals surface area contributed by atoms with Gasteiger partial charge in [0, 0.05) is 38.0 Å². The molecule has 7 heteroatoms. The molecule has 200 valence electrons. The van der Waals surface area contributed by atoms with Crippen LogP contribution in [0.15, 0.2) is 72.8 Å². The van der Waals surface area contributed by atoms with E-state index in [1.165, 1.54) is 0 Å². The predicted molar refractivity (Wildman–Crippen MR) is 155 cm³/mol. The maximum absolute atomic E-state index is 12.9. The zero-order chi connectivity index (χ0) is 27.1. The molecule has 1 aliphatic rings. The maximum atomic E-state index is 12.9. The van der Waals surface area contributed by atoms with Crippen molar-refractivity contribution < 1.29 is 9.59 Å². The van der Waals surface area contributed by atoms with Crippen LogP contribution in [0.1, 0.15) is 59.2 Å². The molecule has 38 heavy (non-hydrogen) atoms. The zero-order valence-corrected chi connectivity index (χ0v) is 23.5. The zero-order valence-electron chi connectivity index (χ0n) is 22.0. The molecule has 0 aliphatic carbocycles. The Bertz CT molecular complexity index is 1260. The van der Waals surface area contributed by atoms with Gasteiger partial charge in [0.25, 0.3) is 5.91 Å². The monoisotopic (exact) mass is 551 g/mol. The summed E-state index contributed by atoms with van der Waals surface area (Å²) in [5.41, 5.74) is 3.51. The Morgan fingerprint density at radius 3 is 2.29 bits per heavy atom. The number of carbonyl (C=O) groups excluding carboxylic acids is 2. The second-order valence-corrected chi connectivity index (χ2v) is 11.0. The minimum atomic E-state index is -0.339. The topological polar surface area (TPSA) is 61.4 Å². The molecule has 1 atom stereocenters. The first-order valence-electron chi connectivity index (χ1n) is 13.1. The molecule has 3 aromatic carbocycles. The molecule has 1 aliphatic heterocycles. The highest BCUT2D eigenvalue weighted by atomic mass is 35.5. The van der Waals surface area contributed by atoms with E-state index in [-0.39, 0.29) is 23.3 Å². The highest BCUT2D eigenvalue weighted by Gasteiger charge is 2.36. The van der Waals surface area contributed by atoms with Gasteiger partial charge in [-0.05, 0) is 67.6 Å². The second-order valence-electron chi connectivity index (χ2n) is 10.2. The first-order valence-corrected chi connectivity index (χ1v) is 13.9. The second kappa shape index (κ2) is 12.8. The molecule has 0 bridgehead atoms. The maximum Gasteiger partial charge on any atom is 0.251 e.